The fourth-order valence-electron chi connectivity index (χ4n) is 4.76. The fraction of sp³-hybridized carbons (Fsp3) is 0.706. The summed E-state index contributed by atoms with van der Waals surface area (Å²) in [6.45, 7) is 0. The highest BCUT2D eigenvalue weighted by atomic mass is 16.4. The second-order valence-corrected chi connectivity index (χ2v) is 7.41. The molecule has 4 rings (SSSR count). The van der Waals surface area contributed by atoms with Crippen LogP contribution in [0.15, 0.2) is 18.3 Å². The Morgan fingerprint density at radius 3 is 2.91 bits per heavy atom. The van der Waals surface area contributed by atoms with E-state index in [0.29, 0.717) is 25.3 Å². The maximum atomic E-state index is 11.8. The minimum Gasteiger partial charge on any atom is -0.481 e. The number of rotatable bonds is 4. The van der Waals surface area contributed by atoms with Crippen LogP contribution in [0.1, 0.15) is 56.7 Å². The summed E-state index contributed by atoms with van der Waals surface area (Å²) >= 11 is 0. The molecule has 1 N–H and O–H groups in total. The first-order valence-electron chi connectivity index (χ1n) is 8.45. The number of hydrogen-bond acceptors (Lipinski definition) is 3. The second kappa shape index (κ2) is 5.21. The summed E-state index contributed by atoms with van der Waals surface area (Å²) in [5.74, 6) is 0.924. The van der Waals surface area contributed by atoms with Crippen LogP contribution in [0.4, 0.5) is 0 Å². The van der Waals surface area contributed by atoms with Gasteiger partial charge >= 0.3 is 5.97 Å². The summed E-state index contributed by atoms with van der Waals surface area (Å²) in [6, 6.07) is 0.493. The van der Waals surface area contributed by atoms with Gasteiger partial charge in [0.2, 0.25) is 0 Å². The van der Waals surface area contributed by atoms with Gasteiger partial charge in [0.1, 0.15) is 0 Å². The Hall–Kier alpha value is -1.65. The zero-order chi connectivity index (χ0) is 15.2. The number of aliphatic carboxylic acids is 1. The Kier molecular flexibility index (Phi) is 3.31. The Bertz CT molecular complexity index is 609. The molecule has 1 aromatic heterocycles. The lowest BCUT2D eigenvalue weighted by Gasteiger charge is -2.29. The predicted octanol–water partition coefficient (Wildman–Crippen LogP) is 2.99. The van der Waals surface area contributed by atoms with Crippen molar-refractivity contribution in [1.82, 2.24) is 15.0 Å². The third-order valence-electron chi connectivity index (χ3n) is 6.04. The molecule has 0 aliphatic heterocycles. The maximum Gasteiger partial charge on any atom is 0.310 e. The van der Waals surface area contributed by atoms with Crippen molar-refractivity contribution in [2.24, 2.45) is 17.3 Å². The van der Waals surface area contributed by atoms with Gasteiger partial charge in [-0.1, -0.05) is 23.8 Å². The van der Waals surface area contributed by atoms with Crippen LogP contribution in [0.3, 0.4) is 0 Å². The van der Waals surface area contributed by atoms with Crippen molar-refractivity contribution in [2.45, 2.75) is 57.4 Å². The minimum absolute atomic E-state index is 0.493. The van der Waals surface area contributed by atoms with Crippen LogP contribution in [0, 0.1) is 17.3 Å². The number of hydrogen-bond donors (Lipinski definition) is 1. The zero-order valence-corrected chi connectivity index (χ0v) is 12.8. The minimum atomic E-state index is -0.702. The van der Waals surface area contributed by atoms with Crippen molar-refractivity contribution in [1.29, 1.82) is 0 Å². The van der Waals surface area contributed by atoms with Crippen LogP contribution in [-0.4, -0.2) is 26.1 Å². The average molecular weight is 301 g/mol. The quantitative estimate of drug-likeness (QED) is 0.868. The molecule has 1 aromatic rings. The lowest BCUT2D eigenvalue weighted by Crippen LogP contribution is -2.34. The van der Waals surface area contributed by atoms with Crippen molar-refractivity contribution in [3.63, 3.8) is 0 Å². The van der Waals surface area contributed by atoms with Crippen LogP contribution in [0.25, 0.3) is 0 Å². The average Bonchev–Trinajstić information content (AvgIpc) is 3.24. The monoisotopic (exact) mass is 301 g/mol. The second-order valence-electron chi connectivity index (χ2n) is 7.41. The normalized spacial score (nSPS) is 36.8. The molecular weight excluding hydrogens is 278 g/mol. The lowest BCUT2D eigenvalue weighted by atomic mass is 9.74. The van der Waals surface area contributed by atoms with E-state index in [0.717, 1.165) is 24.0 Å². The smallest absolute Gasteiger partial charge is 0.310 e. The highest BCUT2D eigenvalue weighted by molar-refractivity contribution is 5.75. The lowest BCUT2D eigenvalue weighted by molar-refractivity contribution is -0.149. The molecule has 2 bridgehead atoms. The first-order valence-corrected chi connectivity index (χ1v) is 8.45. The van der Waals surface area contributed by atoms with E-state index in [2.05, 4.69) is 16.4 Å². The van der Waals surface area contributed by atoms with Crippen LogP contribution in [0.2, 0.25) is 0 Å². The predicted molar refractivity (Wildman–Crippen MR) is 81.3 cm³/mol. The van der Waals surface area contributed by atoms with Gasteiger partial charge in [0.25, 0.3) is 0 Å². The van der Waals surface area contributed by atoms with Gasteiger partial charge in [-0.15, -0.1) is 5.10 Å². The number of aromatic nitrogens is 3. The standard InChI is InChI=1S/C17H23N3O2/c21-16(22)17(6-2-1-3-7-17)10-14-11-20(19-18-14)15-9-12-4-5-13(15)8-12/h1-2,11-13,15H,3-10H2,(H,21,22)/t12-,13+,15+,17?/m0/s1. The molecular formula is C17H23N3O2. The molecule has 5 heteroatoms. The van der Waals surface area contributed by atoms with E-state index in [-0.39, 0.29) is 0 Å². The van der Waals surface area contributed by atoms with Crippen molar-refractivity contribution in [3.8, 4) is 0 Å². The summed E-state index contributed by atoms with van der Waals surface area (Å²) in [5, 5.41) is 18.3. The summed E-state index contributed by atoms with van der Waals surface area (Å²) in [7, 11) is 0. The van der Waals surface area contributed by atoms with Gasteiger partial charge < -0.3 is 5.11 Å². The van der Waals surface area contributed by atoms with E-state index >= 15 is 0 Å². The zero-order valence-electron chi connectivity index (χ0n) is 12.8. The van der Waals surface area contributed by atoms with E-state index in [1.165, 1.54) is 25.7 Å². The SMILES string of the molecule is O=C(O)C1(Cc2cn([C@@H]3C[C@H]4CC[C@@H]3C4)nn2)CC=CCC1. The molecule has 3 aliphatic carbocycles. The maximum absolute atomic E-state index is 11.8. The molecule has 0 saturated heterocycles. The number of carbonyl (C=O) groups is 1. The van der Waals surface area contributed by atoms with E-state index in [1.54, 1.807) is 0 Å². The first-order chi connectivity index (χ1) is 10.7. The highest BCUT2D eigenvalue weighted by Gasteiger charge is 2.42. The molecule has 4 atom stereocenters. The molecule has 2 saturated carbocycles. The molecule has 22 heavy (non-hydrogen) atoms. The summed E-state index contributed by atoms with van der Waals surface area (Å²) in [6.07, 6.45) is 14.0. The van der Waals surface area contributed by atoms with Gasteiger partial charge in [-0.05, 0) is 50.4 Å². The molecule has 0 spiro atoms. The molecule has 0 amide bonds. The van der Waals surface area contributed by atoms with Crippen LogP contribution >= 0.6 is 0 Å². The number of allylic oxidation sites excluding steroid dienone is 2. The van der Waals surface area contributed by atoms with Crippen LogP contribution < -0.4 is 0 Å². The van der Waals surface area contributed by atoms with Gasteiger partial charge in [0.05, 0.1) is 17.2 Å². The molecule has 118 valence electrons. The molecule has 1 heterocycles. The molecule has 5 nitrogen and oxygen atoms in total. The number of carboxylic acids is 1. The first kappa shape index (κ1) is 14.0. The van der Waals surface area contributed by atoms with E-state index in [4.69, 9.17) is 0 Å². The van der Waals surface area contributed by atoms with Crippen LogP contribution in [-0.2, 0) is 11.2 Å². The Morgan fingerprint density at radius 1 is 1.36 bits per heavy atom. The van der Waals surface area contributed by atoms with Crippen LogP contribution in [0.5, 0.6) is 0 Å². The van der Waals surface area contributed by atoms with Gasteiger partial charge in [0.15, 0.2) is 0 Å². The van der Waals surface area contributed by atoms with Gasteiger partial charge in [0, 0.05) is 12.6 Å². The van der Waals surface area contributed by atoms with Crippen molar-refractivity contribution in [2.75, 3.05) is 0 Å². The summed E-state index contributed by atoms with van der Waals surface area (Å²) < 4.78 is 2.02. The van der Waals surface area contributed by atoms with Gasteiger partial charge in [-0.3, -0.25) is 4.79 Å². The Morgan fingerprint density at radius 2 is 2.27 bits per heavy atom. The van der Waals surface area contributed by atoms with E-state index < -0.39 is 11.4 Å². The number of nitrogens with zero attached hydrogens (tertiary/aromatic N) is 3. The third kappa shape index (κ3) is 2.27. The molecule has 0 aromatic carbocycles. The van der Waals surface area contributed by atoms with Gasteiger partial charge in [-0.25, -0.2) is 4.68 Å². The Labute approximate surface area is 130 Å². The van der Waals surface area contributed by atoms with E-state index in [9.17, 15) is 9.90 Å². The summed E-state index contributed by atoms with van der Waals surface area (Å²) in [5.41, 5.74) is 0.144. The number of fused-ring (bicyclic) bond motifs is 2. The number of carboxylic acid groups (broad SMARTS) is 1. The van der Waals surface area contributed by atoms with Crippen molar-refractivity contribution < 1.29 is 9.90 Å². The largest absolute Gasteiger partial charge is 0.481 e. The molecule has 0 radical (unpaired) electrons. The fourth-order valence-corrected chi connectivity index (χ4v) is 4.76. The molecule has 3 aliphatic rings. The third-order valence-corrected chi connectivity index (χ3v) is 6.04. The summed E-state index contributed by atoms with van der Waals surface area (Å²) in [4.78, 5) is 11.8. The van der Waals surface area contributed by atoms with Gasteiger partial charge in [-0.2, -0.15) is 0 Å². The highest BCUT2D eigenvalue weighted by Crippen LogP contribution is 2.50. The van der Waals surface area contributed by atoms with E-state index in [1.807, 2.05) is 17.0 Å². The molecule has 1 unspecified atom stereocenters. The molecule has 2 fully saturated rings. The van der Waals surface area contributed by atoms with Crippen molar-refractivity contribution in [3.05, 3.63) is 24.0 Å². The topological polar surface area (TPSA) is 68.0 Å². The Balaban J connectivity index is 1.51. The van der Waals surface area contributed by atoms with Crippen molar-refractivity contribution >= 4 is 5.97 Å².